The lowest BCUT2D eigenvalue weighted by Gasteiger charge is -2.10. The zero-order valence-corrected chi connectivity index (χ0v) is 11.1. The average Bonchev–Trinajstić information content (AvgIpc) is 2.41. The molecule has 2 rings (SSSR count). The monoisotopic (exact) mass is 238 g/mol. The van der Waals surface area contributed by atoms with Crippen molar-refractivity contribution in [3.63, 3.8) is 0 Å². The third kappa shape index (κ3) is 3.40. The van der Waals surface area contributed by atoms with Crippen LogP contribution in [-0.4, -0.2) is 7.85 Å². The molecule has 1 nitrogen and oxygen atoms in total. The zero-order chi connectivity index (χ0) is 12.8. The molecule has 18 heavy (non-hydrogen) atoms. The van der Waals surface area contributed by atoms with Crippen LogP contribution in [0.5, 0.6) is 11.5 Å². The molecule has 0 aliphatic heterocycles. The molecule has 0 spiro atoms. The third-order valence-corrected chi connectivity index (χ3v) is 3.04. The van der Waals surface area contributed by atoms with E-state index in [2.05, 4.69) is 33.0 Å². The van der Waals surface area contributed by atoms with Crippen LogP contribution >= 0.6 is 0 Å². The Morgan fingerprint density at radius 3 is 2.56 bits per heavy atom. The number of aryl methyl sites for hydroxylation is 1. The van der Waals surface area contributed by atoms with E-state index in [1.807, 2.05) is 30.3 Å². The van der Waals surface area contributed by atoms with Crippen LogP contribution in [-0.2, 0) is 6.42 Å². The number of benzene rings is 2. The zero-order valence-electron chi connectivity index (χ0n) is 11.1. The Balaban J connectivity index is 2.16. The maximum atomic E-state index is 5.93. The van der Waals surface area contributed by atoms with Gasteiger partial charge in [-0.05, 0) is 42.1 Å². The van der Waals surface area contributed by atoms with E-state index in [9.17, 15) is 0 Å². The van der Waals surface area contributed by atoms with Gasteiger partial charge in [-0.2, -0.15) is 0 Å². The standard InChI is InChI=1S/C16H19BO/c1-2-3-7-13-10-11-15(17)16(12-13)18-14-8-5-4-6-9-14/h4-6,8-12H,2-3,7,17H2,1H3. The molecule has 0 aliphatic rings. The van der Waals surface area contributed by atoms with Crippen molar-refractivity contribution in [3.8, 4) is 11.5 Å². The lowest BCUT2D eigenvalue weighted by molar-refractivity contribution is 0.485. The average molecular weight is 238 g/mol. The first-order valence-electron chi connectivity index (χ1n) is 6.62. The van der Waals surface area contributed by atoms with Crippen LogP contribution in [0.25, 0.3) is 0 Å². The fourth-order valence-corrected chi connectivity index (χ4v) is 1.91. The Hall–Kier alpha value is -1.70. The van der Waals surface area contributed by atoms with Crippen molar-refractivity contribution < 1.29 is 4.74 Å². The first-order chi connectivity index (χ1) is 8.79. The summed E-state index contributed by atoms with van der Waals surface area (Å²) in [5.41, 5.74) is 2.53. The predicted octanol–water partition coefficient (Wildman–Crippen LogP) is 3.08. The molecule has 0 saturated carbocycles. The summed E-state index contributed by atoms with van der Waals surface area (Å²) < 4.78 is 5.93. The minimum absolute atomic E-state index is 0.897. The van der Waals surface area contributed by atoms with Crippen LogP contribution in [0.3, 0.4) is 0 Å². The van der Waals surface area contributed by atoms with Gasteiger partial charge in [-0.1, -0.05) is 43.7 Å². The van der Waals surface area contributed by atoms with Crippen LogP contribution in [0.4, 0.5) is 0 Å². The van der Waals surface area contributed by atoms with Crippen molar-refractivity contribution in [2.24, 2.45) is 0 Å². The molecular formula is C16H19BO. The highest BCUT2D eigenvalue weighted by Crippen LogP contribution is 2.20. The van der Waals surface area contributed by atoms with Crippen molar-refractivity contribution in [3.05, 3.63) is 54.1 Å². The van der Waals surface area contributed by atoms with E-state index in [4.69, 9.17) is 4.74 Å². The maximum absolute atomic E-state index is 5.93. The van der Waals surface area contributed by atoms with Crippen molar-refractivity contribution in [2.75, 3.05) is 0 Å². The van der Waals surface area contributed by atoms with Gasteiger partial charge in [0.05, 0.1) is 0 Å². The lowest BCUT2D eigenvalue weighted by atomic mass is 9.93. The Kier molecular flexibility index (Phi) is 4.46. The normalized spacial score (nSPS) is 10.3. The van der Waals surface area contributed by atoms with Gasteiger partial charge in [0.2, 0.25) is 0 Å². The van der Waals surface area contributed by atoms with Crippen molar-refractivity contribution in [2.45, 2.75) is 26.2 Å². The number of para-hydroxylation sites is 1. The quantitative estimate of drug-likeness (QED) is 0.727. The van der Waals surface area contributed by atoms with Gasteiger partial charge >= 0.3 is 0 Å². The van der Waals surface area contributed by atoms with Crippen LogP contribution in [0.1, 0.15) is 25.3 Å². The Morgan fingerprint density at radius 1 is 1.06 bits per heavy atom. The minimum Gasteiger partial charge on any atom is -0.458 e. The molecule has 0 N–H and O–H groups in total. The summed E-state index contributed by atoms with van der Waals surface area (Å²) in [7, 11) is 2.09. The summed E-state index contributed by atoms with van der Waals surface area (Å²) >= 11 is 0. The molecule has 0 radical (unpaired) electrons. The SMILES string of the molecule is Bc1ccc(CCCC)cc1Oc1ccccc1. The molecule has 0 aliphatic carbocycles. The first-order valence-corrected chi connectivity index (χ1v) is 6.62. The van der Waals surface area contributed by atoms with Gasteiger partial charge in [0.15, 0.2) is 0 Å². The number of rotatable bonds is 5. The fourth-order valence-electron chi connectivity index (χ4n) is 1.91. The fraction of sp³-hybridized carbons (Fsp3) is 0.250. The van der Waals surface area contributed by atoms with Gasteiger partial charge in [0.1, 0.15) is 19.3 Å². The van der Waals surface area contributed by atoms with E-state index < -0.39 is 0 Å². The molecule has 2 aromatic rings. The molecular weight excluding hydrogens is 219 g/mol. The van der Waals surface area contributed by atoms with E-state index in [0.717, 1.165) is 17.9 Å². The second kappa shape index (κ2) is 6.30. The molecule has 0 unspecified atom stereocenters. The molecule has 2 heteroatoms. The molecule has 0 aromatic heterocycles. The van der Waals surface area contributed by atoms with Crippen LogP contribution in [0.2, 0.25) is 0 Å². The number of hydrogen-bond donors (Lipinski definition) is 0. The van der Waals surface area contributed by atoms with E-state index in [1.54, 1.807) is 0 Å². The molecule has 0 atom stereocenters. The molecule has 92 valence electrons. The Labute approximate surface area is 110 Å². The summed E-state index contributed by atoms with van der Waals surface area (Å²) in [6.07, 6.45) is 3.58. The van der Waals surface area contributed by atoms with Gasteiger partial charge in [0.25, 0.3) is 0 Å². The molecule has 0 fully saturated rings. The maximum Gasteiger partial charge on any atom is 0.144 e. The van der Waals surface area contributed by atoms with Crippen LogP contribution in [0, 0.1) is 0 Å². The summed E-state index contributed by atoms with van der Waals surface area (Å²) in [5, 5.41) is 0. The summed E-state index contributed by atoms with van der Waals surface area (Å²) in [6, 6.07) is 16.5. The summed E-state index contributed by atoms with van der Waals surface area (Å²) in [4.78, 5) is 0. The smallest absolute Gasteiger partial charge is 0.144 e. The lowest BCUT2D eigenvalue weighted by Crippen LogP contribution is -2.07. The third-order valence-electron chi connectivity index (χ3n) is 3.04. The number of unbranched alkanes of at least 4 members (excludes halogenated alkanes) is 1. The van der Waals surface area contributed by atoms with Crippen LogP contribution < -0.4 is 10.2 Å². The van der Waals surface area contributed by atoms with E-state index >= 15 is 0 Å². The second-order valence-corrected chi connectivity index (χ2v) is 4.62. The number of ether oxygens (including phenoxy) is 1. The molecule has 0 bridgehead atoms. The Morgan fingerprint density at radius 2 is 1.83 bits per heavy atom. The van der Waals surface area contributed by atoms with Gasteiger partial charge in [-0.25, -0.2) is 0 Å². The minimum atomic E-state index is 0.897. The summed E-state index contributed by atoms with van der Waals surface area (Å²) in [6.45, 7) is 2.22. The van der Waals surface area contributed by atoms with Gasteiger partial charge < -0.3 is 4.74 Å². The van der Waals surface area contributed by atoms with E-state index in [1.165, 1.54) is 23.9 Å². The van der Waals surface area contributed by atoms with Crippen LogP contribution in [0.15, 0.2) is 48.5 Å². The summed E-state index contributed by atoms with van der Waals surface area (Å²) in [5.74, 6) is 1.86. The molecule has 2 aromatic carbocycles. The molecule has 0 amide bonds. The van der Waals surface area contributed by atoms with Crippen molar-refractivity contribution >= 4 is 13.3 Å². The van der Waals surface area contributed by atoms with Crippen molar-refractivity contribution in [1.82, 2.24) is 0 Å². The van der Waals surface area contributed by atoms with E-state index in [-0.39, 0.29) is 0 Å². The molecule has 0 saturated heterocycles. The largest absolute Gasteiger partial charge is 0.458 e. The Bertz CT molecular complexity index is 494. The van der Waals surface area contributed by atoms with Crippen molar-refractivity contribution in [1.29, 1.82) is 0 Å². The predicted molar refractivity (Wildman–Crippen MR) is 79.7 cm³/mol. The van der Waals surface area contributed by atoms with Gasteiger partial charge in [-0.3, -0.25) is 0 Å². The second-order valence-electron chi connectivity index (χ2n) is 4.62. The molecule has 0 heterocycles. The first kappa shape index (κ1) is 12.8. The van der Waals surface area contributed by atoms with Gasteiger partial charge in [0, 0.05) is 0 Å². The number of hydrogen-bond acceptors (Lipinski definition) is 1. The van der Waals surface area contributed by atoms with Gasteiger partial charge in [-0.15, -0.1) is 0 Å². The topological polar surface area (TPSA) is 9.23 Å². The highest BCUT2D eigenvalue weighted by molar-refractivity contribution is 6.34. The van der Waals surface area contributed by atoms with E-state index in [0.29, 0.717) is 0 Å². The highest BCUT2D eigenvalue weighted by Gasteiger charge is 2.03. The highest BCUT2D eigenvalue weighted by atomic mass is 16.5.